The summed E-state index contributed by atoms with van der Waals surface area (Å²) in [6.07, 6.45) is 0. The van der Waals surface area contributed by atoms with Crippen LogP contribution in [0.3, 0.4) is 0 Å². The fraction of sp³-hybridized carbons (Fsp3) is 0. The Kier molecular flexibility index (Phi) is 1.94. The fourth-order valence-electron chi connectivity index (χ4n) is 1.02. The Bertz CT molecular complexity index is 477. The van der Waals surface area contributed by atoms with Gasteiger partial charge in [-0.2, -0.15) is 4.37 Å². The van der Waals surface area contributed by atoms with Crippen LogP contribution in [0, 0.1) is 5.82 Å². The first-order valence-electron chi connectivity index (χ1n) is 3.57. The third-order valence-corrected chi connectivity index (χ3v) is 2.14. The molecule has 0 saturated heterocycles. The zero-order valence-corrected chi connectivity index (χ0v) is 7.27. The fourth-order valence-corrected chi connectivity index (χ4v) is 1.52. The number of benzene rings is 1. The Morgan fingerprint density at radius 2 is 2.31 bits per heavy atom. The molecule has 13 heavy (non-hydrogen) atoms. The Labute approximate surface area is 77.2 Å². The number of rotatable bonds is 1. The smallest absolute Gasteiger partial charge is 0.266 e. The maximum absolute atomic E-state index is 12.8. The summed E-state index contributed by atoms with van der Waals surface area (Å²) in [6.45, 7) is 0. The molecule has 2 aromatic rings. The van der Waals surface area contributed by atoms with Gasteiger partial charge in [-0.15, -0.1) is 0 Å². The topological polar surface area (TPSA) is 45.8 Å². The first-order chi connectivity index (χ1) is 6.27. The average molecular weight is 196 g/mol. The van der Waals surface area contributed by atoms with Crippen LogP contribution < -0.4 is 5.56 Å². The van der Waals surface area contributed by atoms with E-state index < -0.39 is 0 Å². The lowest BCUT2D eigenvalue weighted by Crippen LogP contribution is -2.01. The Balaban J connectivity index is 2.59. The Morgan fingerprint density at radius 1 is 1.46 bits per heavy atom. The lowest BCUT2D eigenvalue weighted by molar-refractivity contribution is 0.628. The van der Waals surface area contributed by atoms with Crippen molar-refractivity contribution >= 4 is 11.7 Å². The van der Waals surface area contributed by atoms with Gasteiger partial charge in [0.15, 0.2) is 5.69 Å². The molecule has 0 aliphatic rings. The largest absolute Gasteiger partial charge is 0.285 e. The number of hydrogen-bond acceptors (Lipinski definition) is 3. The summed E-state index contributed by atoms with van der Waals surface area (Å²) in [5.41, 5.74) is 0.489. The van der Waals surface area contributed by atoms with E-state index in [9.17, 15) is 9.18 Å². The van der Waals surface area contributed by atoms with Crippen molar-refractivity contribution in [2.24, 2.45) is 0 Å². The van der Waals surface area contributed by atoms with Crippen molar-refractivity contribution in [1.82, 2.24) is 8.75 Å². The molecular formula is C8H5FN2OS. The van der Waals surface area contributed by atoms with Crippen LogP contribution >= 0.6 is 11.7 Å². The molecule has 3 nitrogen and oxygen atoms in total. The van der Waals surface area contributed by atoms with Crippen LogP contribution in [0.5, 0.6) is 0 Å². The van der Waals surface area contributed by atoms with Gasteiger partial charge in [0.1, 0.15) is 5.82 Å². The van der Waals surface area contributed by atoms with Crippen LogP contribution in [0.1, 0.15) is 0 Å². The molecule has 1 heterocycles. The van der Waals surface area contributed by atoms with Gasteiger partial charge in [0, 0.05) is 17.3 Å². The zero-order chi connectivity index (χ0) is 9.26. The van der Waals surface area contributed by atoms with Gasteiger partial charge in [-0.3, -0.25) is 9.17 Å². The Morgan fingerprint density at radius 3 is 2.92 bits per heavy atom. The maximum Gasteiger partial charge on any atom is 0.285 e. The van der Waals surface area contributed by atoms with Crippen molar-refractivity contribution in [3.8, 4) is 11.3 Å². The molecule has 0 unspecified atom stereocenters. The molecule has 0 amide bonds. The highest BCUT2D eigenvalue weighted by atomic mass is 32.1. The molecule has 0 fully saturated rings. The van der Waals surface area contributed by atoms with Gasteiger partial charge in [-0.25, -0.2) is 4.39 Å². The number of hydrogen-bond donors (Lipinski definition) is 1. The van der Waals surface area contributed by atoms with Crippen LogP contribution in [0.15, 0.2) is 29.1 Å². The molecule has 1 aromatic heterocycles. The van der Waals surface area contributed by atoms with E-state index in [1.54, 1.807) is 12.1 Å². The highest BCUT2D eigenvalue weighted by Gasteiger charge is 2.05. The molecule has 0 saturated carbocycles. The number of nitrogens with one attached hydrogen (secondary N) is 1. The van der Waals surface area contributed by atoms with Gasteiger partial charge >= 0.3 is 0 Å². The van der Waals surface area contributed by atoms with Crippen molar-refractivity contribution in [2.75, 3.05) is 0 Å². The molecule has 0 radical (unpaired) electrons. The maximum atomic E-state index is 12.8. The molecule has 0 bridgehead atoms. The van der Waals surface area contributed by atoms with Crippen molar-refractivity contribution < 1.29 is 4.39 Å². The molecule has 2 rings (SSSR count). The normalized spacial score (nSPS) is 10.2. The van der Waals surface area contributed by atoms with Crippen molar-refractivity contribution in [3.63, 3.8) is 0 Å². The minimum absolute atomic E-state index is 0.268. The highest BCUT2D eigenvalue weighted by Crippen LogP contribution is 2.14. The Hall–Kier alpha value is -1.49. The van der Waals surface area contributed by atoms with Gasteiger partial charge in [0.2, 0.25) is 0 Å². The third-order valence-electron chi connectivity index (χ3n) is 1.59. The molecule has 1 aromatic carbocycles. The highest BCUT2D eigenvalue weighted by molar-refractivity contribution is 6.99. The SMILES string of the molecule is O=c1[nH]snc1-c1cccc(F)c1. The first kappa shape index (κ1) is 8.12. The lowest BCUT2D eigenvalue weighted by Gasteiger charge is -1.93. The van der Waals surface area contributed by atoms with E-state index in [-0.39, 0.29) is 17.1 Å². The number of halogens is 1. The van der Waals surface area contributed by atoms with Crippen molar-refractivity contribution in [1.29, 1.82) is 0 Å². The zero-order valence-electron chi connectivity index (χ0n) is 6.45. The van der Waals surface area contributed by atoms with Gasteiger partial charge in [-0.05, 0) is 12.1 Å². The van der Waals surface area contributed by atoms with Crippen LogP contribution in [0.2, 0.25) is 0 Å². The predicted octanol–water partition coefficient (Wildman–Crippen LogP) is 1.64. The van der Waals surface area contributed by atoms with Gasteiger partial charge in [0.05, 0.1) is 0 Å². The molecule has 0 aliphatic heterocycles. The molecule has 0 spiro atoms. The summed E-state index contributed by atoms with van der Waals surface area (Å²) in [7, 11) is 0. The summed E-state index contributed by atoms with van der Waals surface area (Å²) in [5, 5.41) is 0. The van der Waals surface area contributed by atoms with E-state index in [1.165, 1.54) is 12.1 Å². The number of H-pyrrole nitrogens is 1. The lowest BCUT2D eigenvalue weighted by atomic mass is 10.2. The summed E-state index contributed by atoms with van der Waals surface area (Å²) in [4.78, 5) is 11.1. The van der Waals surface area contributed by atoms with Gasteiger partial charge < -0.3 is 0 Å². The van der Waals surface area contributed by atoms with Crippen LogP contribution in [-0.2, 0) is 0 Å². The van der Waals surface area contributed by atoms with E-state index in [0.717, 1.165) is 11.7 Å². The second-order valence-corrected chi connectivity index (χ2v) is 3.04. The molecule has 66 valence electrons. The minimum atomic E-state index is -0.370. The van der Waals surface area contributed by atoms with Gasteiger partial charge in [-0.1, -0.05) is 12.1 Å². The number of nitrogens with zero attached hydrogens (tertiary/aromatic N) is 1. The van der Waals surface area contributed by atoms with Crippen molar-refractivity contribution in [3.05, 3.63) is 40.4 Å². The standard InChI is InChI=1S/C8H5FN2OS/c9-6-3-1-2-5(4-6)7-8(12)11-13-10-7/h1-4H,(H,11,12). The van der Waals surface area contributed by atoms with Gasteiger partial charge in [0.25, 0.3) is 5.56 Å². The second kappa shape index (κ2) is 3.10. The van der Waals surface area contributed by atoms with Crippen molar-refractivity contribution in [2.45, 2.75) is 0 Å². The third kappa shape index (κ3) is 1.50. The monoisotopic (exact) mass is 196 g/mol. The summed E-state index contributed by atoms with van der Waals surface area (Å²) >= 11 is 0.957. The van der Waals surface area contributed by atoms with Crippen LogP contribution in [0.4, 0.5) is 4.39 Å². The molecule has 1 N–H and O–H groups in total. The number of aromatic nitrogens is 2. The van der Waals surface area contributed by atoms with E-state index in [2.05, 4.69) is 8.75 Å². The first-order valence-corrected chi connectivity index (χ1v) is 4.35. The number of aromatic amines is 1. The minimum Gasteiger partial charge on any atom is -0.266 e. The van der Waals surface area contributed by atoms with E-state index in [0.29, 0.717) is 5.56 Å². The molecular weight excluding hydrogens is 191 g/mol. The average Bonchev–Trinajstić information content (AvgIpc) is 2.51. The summed E-state index contributed by atoms with van der Waals surface area (Å²) < 4.78 is 19.0. The second-order valence-electron chi connectivity index (χ2n) is 2.47. The van der Waals surface area contributed by atoms with Crippen LogP contribution in [0.25, 0.3) is 11.3 Å². The van der Waals surface area contributed by atoms with E-state index >= 15 is 0 Å². The predicted molar refractivity (Wildman–Crippen MR) is 48.1 cm³/mol. The van der Waals surface area contributed by atoms with Crippen LogP contribution in [-0.4, -0.2) is 8.75 Å². The molecule has 0 atom stereocenters. The molecule has 0 aliphatic carbocycles. The summed E-state index contributed by atoms with van der Waals surface area (Å²) in [6, 6.07) is 5.80. The quantitative estimate of drug-likeness (QED) is 0.753. The summed E-state index contributed by atoms with van der Waals surface area (Å²) in [5.74, 6) is -0.370. The van der Waals surface area contributed by atoms with E-state index in [1.807, 2.05) is 0 Å². The van der Waals surface area contributed by atoms with E-state index in [4.69, 9.17) is 0 Å². The molecule has 5 heteroatoms.